The molecule has 1 heteroatoms. The number of benzene rings is 1. The summed E-state index contributed by atoms with van der Waals surface area (Å²) in [6.45, 7) is 7.04. The maximum Gasteiger partial charge on any atom is 0.0368 e. The summed E-state index contributed by atoms with van der Waals surface area (Å²) in [5.74, 6) is 0.749. The van der Waals surface area contributed by atoms with Crippen LogP contribution in [0.5, 0.6) is 0 Å². The first-order chi connectivity index (χ1) is 7.25. The maximum atomic E-state index is 2.50. The normalized spacial score (nSPS) is 16.3. The van der Waals surface area contributed by atoms with Crippen LogP contribution in [-0.2, 0) is 6.42 Å². The average Bonchev–Trinajstić information content (AvgIpc) is 2.69. The Morgan fingerprint density at radius 2 is 1.93 bits per heavy atom. The third kappa shape index (κ3) is 2.74. The molecule has 1 heterocycles. The molecule has 0 saturated carbocycles. The van der Waals surface area contributed by atoms with Gasteiger partial charge in [-0.05, 0) is 42.9 Å². The van der Waals surface area contributed by atoms with Crippen LogP contribution < -0.4 is 4.90 Å². The van der Waals surface area contributed by atoms with Crippen molar-refractivity contribution in [3.8, 4) is 0 Å². The van der Waals surface area contributed by atoms with Gasteiger partial charge in [0.2, 0.25) is 0 Å². The molecule has 0 spiro atoms. The van der Waals surface area contributed by atoms with Crippen LogP contribution in [0.25, 0.3) is 0 Å². The molecule has 0 bridgehead atoms. The van der Waals surface area contributed by atoms with Crippen LogP contribution in [0.1, 0.15) is 32.3 Å². The van der Waals surface area contributed by atoms with Crippen molar-refractivity contribution in [1.29, 1.82) is 0 Å². The predicted octanol–water partition coefficient (Wildman–Crippen LogP) is 3.49. The van der Waals surface area contributed by atoms with Crippen LogP contribution in [0, 0.1) is 5.92 Å². The van der Waals surface area contributed by atoms with Gasteiger partial charge in [-0.25, -0.2) is 0 Å². The number of anilines is 1. The molecule has 1 aliphatic heterocycles. The fourth-order valence-corrected chi connectivity index (χ4v) is 2.33. The summed E-state index contributed by atoms with van der Waals surface area (Å²) in [6.07, 6.45) is 3.91. The molecule has 15 heavy (non-hydrogen) atoms. The third-order valence-corrected chi connectivity index (χ3v) is 3.03. The van der Waals surface area contributed by atoms with E-state index in [9.17, 15) is 0 Å². The Labute approximate surface area is 93.1 Å². The molecule has 0 atom stereocenters. The van der Waals surface area contributed by atoms with Crippen molar-refractivity contribution >= 4 is 5.69 Å². The second kappa shape index (κ2) is 4.69. The van der Waals surface area contributed by atoms with Gasteiger partial charge in [0.15, 0.2) is 0 Å². The highest BCUT2D eigenvalue weighted by Gasteiger charge is 2.12. The van der Waals surface area contributed by atoms with Crippen molar-refractivity contribution in [3.63, 3.8) is 0 Å². The molecule has 0 aromatic heterocycles. The van der Waals surface area contributed by atoms with Crippen molar-refractivity contribution in [1.82, 2.24) is 0 Å². The van der Waals surface area contributed by atoms with E-state index in [0.29, 0.717) is 0 Å². The van der Waals surface area contributed by atoms with Gasteiger partial charge < -0.3 is 4.90 Å². The van der Waals surface area contributed by atoms with Crippen LogP contribution in [0.4, 0.5) is 5.69 Å². The minimum absolute atomic E-state index is 0.749. The minimum Gasteiger partial charge on any atom is -0.372 e. The van der Waals surface area contributed by atoms with E-state index in [0.717, 1.165) is 5.92 Å². The lowest BCUT2D eigenvalue weighted by Gasteiger charge is -2.18. The van der Waals surface area contributed by atoms with E-state index in [1.165, 1.54) is 43.6 Å². The Morgan fingerprint density at radius 1 is 1.20 bits per heavy atom. The van der Waals surface area contributed by atoms with Crippen LogP contribution in [-0.4, -0.2) is 13.1 Å². The monoisotopic (exact) mass is 203 g/mol. The quantitative estimate of drug-likeness (QED) is 0.727. The highest BCUT2D eigenvalue weighted by molar-refractivity contribution is 5.49. The molecule has 0 N–H and O–H groups in total. The minimum atomic E-state index is 0.749. The van der Waals surface area contributed by atoms with Gasteiger partial charge in [-0.1, -0.05) is 26.0 Å². The summed E-state index contributed by atoms with van der Waals surface area (Å²) < 4.78 is 0. The van der Waals surface area contributed by atoms with Crippen LogP contribution >= 0.6 is 0 Å². The summed E-state index contributed by atoms with van der Waals surface area (Å²) in [5.41, 5.74) is 2.90. The van der Waals surface area contributed by atoms with Gasteiger partial charge in [0.1, 0.15) is 0 Å². The first-order valence-electron chi connectivity index (χ1n) is 6.09. The van der Waals surface area contributed by atoms with Crippen molar-refractivity contribution in [2.24, 2.45) is 5.92 Å². The Kier molecular flexibility index (Phi) is 3.30. The topological polar surface area (TPSA) is 3.24 Å². The molecule has 82 valence electrons. The van der Waals surface area contributed by atoms with Crippen LogP contribution in [0.3, 0.4) is 0 Å². The molecule has 0 unspecified atom stereocenters. The predicted molar refractivity (Wildman–Crippen MR) is 66.4 cm³/mol. The zero-order chi connectivity index (χ0) is 10.7. The Hall–Kier alpha value is -0.980. The Morgan fingerprint density at radius 3 is 2.60 bits per heavy atom. The Bertz CT molecular complexity index is 311. The molecular weight excluding hydrogens is 182 g/mol. The summed E-state index contributed by atoms with van der Waals surface area (Å²) in [7, 11) is 0. The summed E-state index contributed by atoms with van der Waals surface area (Å²) in [4.78, 5) is 2.50. The van der Waals surface area contributed by atoms with E-state index in [-0.39, 0.29) is 0 Å². The van der Waals surface area contributed by atoms with Gasteiger partial charge in [0.25, 0.3) is 0 Å². The van der Waals surface area contributed by atoms with E-state index in [1.54, 1.807) is 0 Å². The largest absolute Gasteiger partial charge is 0.372 e. The first-order valence-corrected chi connectivity index (χ1v) is 6.09. The zero-order valence-electron chi connectivity index (χ0n) is 9.87. The van der Waals surface area contributed by atoms with Gasteiger partial charge in [-0.3, -0.25) is 0 Å². The number of rotatable bonds is 3. The first kappa shape index (κ1) is 10.5. The lowest BCUT2D eigenvalue weighted by atomic mass is 10.0. The SMILES string of the molecule is CC(C)Cc1cccc(N2CCCC2)c1. The van der Waals surface area contributed by atoms with Gasteiger partial charge in [0.05, 0.1) is 0 Å². The van der Waals surface area contributed by atoms with Crippen molar-refractivity contribution in [2.75, 3.05) is 18.0 Å². The van der Waals surface area contributed by atoms with Crippen molar-refractivity contribution < 1.29 is 0 Å². The second-order valence-electron chi connectivity index (χ2n) is 4.96. The van der Waals surface area contributed by atoms with E-state index in [2.05, 4.69) is 43.0 Å². The molecule has 0 radical (unpaired) electrons. The van der Waals surface area contributed by atoms with E-state index < -0.39 is 0 Å². The smallest absolute Gasteiger partial charge is 0.0368 e. The molecule has 0 aliphatic carbocycles. The molecule has 1 aromatic rings. The molecule has 2 rings (SSSR count). The van der Waals surface area contributed by atoms with Gasteiger partial charge >= 0.3 is 0 Å². The average molecular weight is 203 g/mol. The van der Waals surface area contributed by atoms with E-state index >= 15 is 0 Å². The molecule has 0 amide bonds. The van der Waals surface area contributed by atoms with Crippen LogP contribution in [0.15, 0.2) is 24.3 Å². The lowest BCUT2D eigenvalue weighted by Crippen LogP contribution is -2.17. The van der Waals surface area contributed by atoms with Crippen molar-refractivity contribution in [2.45, 2.75) is 33.1 Å². The lowest BCUT2D eigenvalue weighted by molar-refractivity contribution is 0.647. The molecule has 1 aromatic carbocycles. The van der Waals surface area contributed by atoms with E-state index in [1.807, 2.05) is 0 Å². The fourth-order valence-electron chi connectivity index (χ4n) is 2.33. The maximum absolute atomic E-state index is 2.50. The number of hydrogen-bond acceptors (Lipinski definition) is 1. The van der Waals surface area contributed by atoms with E-state index in [4.69, 9.17) is 0 Å². The van der Waals surface area contributed by atoms with Gasteiger partial charge in [-0.15, -0.1) is 0 Å². The third-order valence-electron chi connectivity index (χ3n) is 3.03. The standard InChI is InChI=1S/C14H21N/c1-12(2)10-13-6-5-7-14(11-13)15-8-3-4-9-15/h5-7,11-12H,3-4,8-10H2,1-2H3. The summed E-state index contributed by atoms with van der Waals surface area (Å²) >= 11 is 0. The van der Waals surface area contributed by atoms with Crippen molar-refractivity contribution in [3.05, 3.63) is 29.8 Å². The molecule has 1 aliphatic rings. The molecule has 1 nitrogen and oxygen atoms in total. The van der Waals surface area contributed by atoms with Crippen LogP contribution in [0.2, 0.25) is 0 Å². The fraction of sp³-hybridized carbons (Fsp3) is 0.571. The zero-order valence-corrected chi connectivity index (χ0v) is 9.87. The highest BCUT2D eigenvalue weighted by Crippen LogP contribution is 2.22. The van der Waals surface area contributed by atoms with Gasteiger partial charge in [-0.2, -0.15) is 0 Å². The summed E-state index contributed by atoms with van der Waals surface area (Å²) in [6, 6.07) is 9.06. The number of hydrogen-bond donors (Lipinski definition) is 0. The molecular formula is C14H21N. The molecule has 1 fully saturated rings. The summed E-state index contributed by atoms with van der Waals surface area (Å²) in [5, 5.41) is 0. The van der Waals surface area contributed by atoms with Gasteiger partial charge in [0, 0.05) is 18.8 Å². The molecule has 1 saturated heterocycles. The Balaban J connectivity index is 2.11. The number of nitrogens with zero attached hydrogens (tertiary/aromatic N) is 1. The highest BCUT2D eigenvalue weighted by atomic mass is 15.1. The second-order valence-corrected chi connectivity index (χ2v) is 4.96.